The van der Waals surface area contributed by atoms with Crippen molar-refractivity contribution in [3.05, 3.63) is 205 Å². The number of rotatable bonds is 33. The normalized spacial score (nSPS) is 17.2. The van der Waals surface area contributed by atoms with Crippen LogP contribution in [0.2, 0.25) is 0 Å². The van der Waals surface area contributed by atoms with Gasteiger partial charge in [-0.25, -0.2) is 0 Å². The monoisotopic (exact) mass is 1910 g/mol. The first-order valence-electron chi connectivity index (χ1n) is 48.6. The molecule has 7 aromatic rings. The van der Waals surface area contributed by atoms with E-state index in [-0.39, 0.29) is 102 Å². The summed E-state index contributed by atoms with van der Waals surface area (Å²) in [6.07, 6.45) is 8.72. The molecule has 30 heteroatoms. The molecule has 0 aliphatic carbocycles. The van der Waals surface area contributed by atoms with Gasteiger partial charge in [0.25, 0.3) is 41.4 Å². The van der Waals surface area contributed by atoms with Crippen LogP contribution in [0.3, 0.4) is 0 Å². The summed E-state index contributed by atoms with van der Waals surface area (Å²) in [5.74, 6) is 5.35. The number of ether oxygens (including phenoxy) is 12. The zero-order chi connectivity index (χ0) is 98.7. The van der Waals surface area contributed by atoms with Crippen molar-refractivity contribution < 1.29 is 94.6 Å². The molecule has 10 aliphatic heterocycles. The molecule has 0 saturated carbocycles. The molecule has 17 rings (SSSR count). The molecular weight excluding hydrogens is 1760 g/mol. The maximum absolute atomic E-state index is 12.4. The third-order valence-corrected chi connectivity index (χ3v) is 26.4. The predicted octanol–water partition coefficient (Wildman–Crippen LogP) is 15.4. The van der Waals surface area contributed by atoms with Crippen LogP contribution in [-0.2, 0) is 85.0 Å². The molecule has 7 amide bonds. The molecule has 0 bridgehead atoms. The van der Waals surface area contributed by atoms with Crippen LogP contribution in [0, 0.1) is 0 Å². The van der Waals surface area contributed by atoms with Crippen molar-refractivity contribution in [3.8, 4) is 34.5 Å². The lowest BCUT2D eigenvalue weighted by atomic mass is 10.1. The highest BCUT2D eigenvalue weighted by Crippen LogP contribution is 2.37. The molecule has 0 spiro atoms. The van der Waals surface area contributed by atoms with Crippen molar-refractivity contribution in [3.63, 3.8) is 0 Å². The highest BCUT2D eigenvalue weighted by molar-refractivity contribution is 7.84. The van der Waals surface area contributed by atoms with Crippen LogP contribution in [0.5, 0.6) is 34.5 Å². The molecule has 10 aliphatic rings. The quantitative estimate of drug-likeness (QED) is 0.0374. The van der Waals surface area contributed by atoms with Gasteiger partial charge >= 0.3 is 0 Å². The Balaban J connectivity index is 0.000000154. The number of amides is 7. The molecule has 3 saturated heterocycles. The fraction of sp³-hybridized carbons (Fsp3) is 0.542. The Bertz CT molecular complexity index is 5210. The van der Waals surface area contributed by atoms with E-state index in [0.717, 1.165) is 190 Å². The average molecular weight is 1910 g/mol. The van der Waals surface area contributed by atoms with Crippen molar-refractivity contribution in [2.24, 2.45) is 0 Å². The van der Waals surface area contributed by atoms with Gasteiger partial charge in [0.05, 0.1) is 52.4 Å². The molecule has 746 valence electrons. The SMILES string of the molecule is CC(C)N1Cc2ccc(OC3CCN(C)CC3)cc2C1=O.CC(C)N1Cc2ccc(OC3CCNCC3)cc2C1=O.CC(C)N1Cc2ccc(OCC3CCCO3)cc2C1=O.CC(C)N1Cc2ccc(S(C)=O)cc2C1=O.COCCOCCOc1ccc2c(c1)C(=O)N(C(C)C)C2.COCCOCCOc1ccc2c(c1)CN(C(C)C)C2=O.COCCOc1ccc2c(c1)C(=O)N(C(C)C)C2. The van der Waals surface area contributed by atoms with Crippen LogP contribution in [0.1, 0.15) is 247 Å². The third-order valence-electron chi connectivity index (χ3n) is 25.5. The van der Waals surface area contributed by atoms with Crippen LogP contribution in [0.15, 0.2) is 132 Å². The highest BCUT2D eigenvalue weighted by atomic mass is 32.2. The molecule has 1 N–H and O–H groups in total. The van der Waals surface area contributed by atoms with Gasteiger partial charge in [0.1, 0.15) is 73.1 Å². The van der Waals surface area contributed by atoms with E-state index in [1.807, 2.05) is 225 Å². The Labute approximate surface area is 813 Å². The zero-order valence-electron chi connectivity index (χ0n) is 84.1. The maximum atomic E-state index is 12.4. The molecule has 2 unspecified atom stereocenters. The topological polar surface area (TPSA) is 285 Å². The first-order chi connectivity index (χ1) is 65.7. The van der Waals surface area contributed by atoms with Crippen molar-refractivity contribution in [1.29, 1.82) is 0 Å². The number of nitrogens with zero attached hydrogens (tertiary/aromatic N) is 8. The summed E-state index contributed by atoms with van der Waals surface area (Å²) in [6.45, 7) is 44.2. The molecule has 29 nitrogen and oxygen atoms in total. The minimum Gasteiger partial charge on any atom is -0.491 e. The Morgan fingerprint density at radius 3 is 0.978 bits per heavy atom. The second kappa shape index (κ2) is 51.9. The lowest BCUT2D eigenvalue weighted by molar-refractivity contribution is 0.0544. The minimum atomic E-state index is -1.03. The van der Waals surface area contributed by atoms with Gasteiger partial charge in [0, 0.05) is 190 Å². The number of hydrogen-bond acceptors (Lipinski definition) is 22. The number of carbonyl (C=O) groups excluding carboxylic acids is 7. The fourth-order valence-electron chi connectivity index (χ4n) is 17.3. The maximum Gasteiger partial charge on any atom is 0.254 e. The van der Waals surface area contributed by atoms with Crippen LogP contribution in [0.4, 0.5) is 0 Å². The van der Waals surface area contributed by atoms with Gasteiger partial charge in [-0.2, -0.15) is 0 Å². The van der Waals surface area contributed by atoms with Crippen molar-refractivity contribution in [2.45, 2.75) is 247 Å². The molecule has 3 fully saturated rings. The summed E-state index contributed by atoms with van der Waals surface area (Å²) in [4.78, 5) is 102. The van der Waals surface area contributed by atoms with Gasteiger partial charge in [0.15, 0.2) is 0 Å². The number of likely N-dealkylation sites (tertiary alicyclic amines) is 1. The summed E-state index contributed by atoms with van der Waals surface area (Å²) in [7, 11) is 6.04. The van der Waals surface area contributed by atoms with Gasteiger partial charge in [0.2, 0.25) is 0 Å². The van der Waals surface area contributed by atoms with Crippen LogP contribution in [-0.4, -0.2) is 285 Å². The lowest BCUT2D eigenvalue weighted by Gasteiger charge is -2.29. The molecule has 0 radical (unpaired) electrons. The van der Waals surface area contributed by atoms with Gasteiger partial charge in [-0.15, -0.1) is 0 Å². The molecule has 10 heterocycles. The number of nitrogens with one attached hydrogen (secondary N) is 1. The number of benzene rings is 7. The largest absolute Gasteiger partial charge is 0.491 e. The number of hydrogen-bond donors (Lipinski definition) is 1. The summed E-state index contributed by atoms with van der Waals surface area (Å²) < 4.78 is 76.9. The fourth-order valence-corrected chi connectivity index (χ4v) is 17.8. The Kier molecular flexibility index (Phi) is 40.5. The number of carbonyl (C=O) groups is 7. The molecule has 2 atom stereocenters. The number of piperidine rings is 2. The summed E-state index contributed by atoms with van der Waals surface area (Å²) >= 11 is 0. The lowest BCUT2D eigenvalue weighted by Crippen LogP contribution is -2.35. The van der Waals surface area contributed by atoms with Crippen LogP contribution < -0.4 is 33.7 Å². The highest BCUT2D eigenvalue weighted by Gasteiger charge is 2.37. The number of methoxy groups -OCH3 is 3. The minimum absolute atomic E-state index is 0.0531. The van der Waals surface area contributed by atoms with E-state index < -0.39 is 10.8 Å². The van der Waals surface area contributed by atoms with Crippen molar-refractivity contribution in [2.75, 3.05) is 140 Å². The predicted molar refractivity (Wildman–Crippen MR) is 528 cm³/mol. The first kappa shape index (κ1) is 107. The first-order valence-corrected chi connectivity index (χ1v) is 50.2. The Morgan fingerprint density at radius 2 is 0.628 bits per heavy atom. The molecule has 7 aromatic carbocycles. The van der Waals surface area contributed by atoms with Gasteiger partial charge < -0.3 is 101 Å². The standard InChI is InChI=1S/C17H24N2O2.C16H22N2O2.2C16H23NO4.C16H21NO3.C14H19NO3.C12H15NO2S/c1-12(2)19-11-13-4-5-15(10-16(13)17(19)20)21-14-6-8-18(3)9-7-14;1-11(2)18-10-12-3-4-14(9-15(12)16(18)19)20-13-5-7-17-8-6-13;1-12(2)17-11-13-10-14(4-5-15(13)16(17)18)21-9-8-20-7-6-19-3;1-12(2)17-11-13-4-5-14(10-15(13)16(17)18)21-9-8-20-7-6-19-3;1-11(2)17-9-12-5-6-13(8-15(12)16(17)18)20-10-14-4-3-7-19-14;1-10(2)15-9-11-4-5-12(18-7-6-17-3)8-13(11)14(15)16;1-8(2)13-7-9-4-5-10(16(3)15)6-11(9)12(13)14/h4-5,10,12,14H,6-9,11H2,1-3H3;3-4,9,11,13,17H,5-8,10H2,1-2H3;2*4-5,10,12H,6-9,11H2,1-3H3;5-6,8,11,14H,3-4,7,9-10H2,1-2H3;4-5,8,10H,6-7,9H2,1-3H3;4-6,8H,7H2,1-3H3. The second-order valence-electron chi connectivity index (χ2n) is 37.8. The van der Waals surface area contributed by atoms with E-state index in [9.17, 15) is 37.8 Å². The van der Waals surface area contributed by atoms with E-state index in [0.29, 0.717) is 117 Å². The number of fused-ring (bicyclic) bond motifs is 7. The van der Waals surface area contributed by atoms with E-state index in [4.69, 9.17) is 56.8 Å². The summed E-state index contributed by atoms with van der Waals surface area (Å²) in [5, 5.41) is 3.33. The molecule has 137 heavy (non-hydrogen) atoms. The van der Waals surface area contributed by atoms with Gasteiger partial charge in [-0.05, 0) is 286 Å². The van der Waals surface area contributed by atoms with Crippen molar-refractivity contribution >= 4 is 52.1 Å². The van der Waals surface area contributed by atoms with E-state index >= 15 is 0 Å². The van der Waals surface area contributed by atoms with Crippen LogP contribution >= 0.6 is 0 Å². The second-order valence-corrected chi connectivity index (χ2v) is 39.1. The van der Waals surface area contributed by atoms with Gasteiger partial charge in [-0.1, -0.05) is 36.4 Å². The molecule has 0 aromatic heterocycles. The van der Waals surface area contributed by atoms with Gasteiger partial charge in [-0.3, -0.25) is 37.8 Å². The van der Waals surface area contributed by atoms with E-state index in [1.165, 1.54) is 0 Å². The Hall–Kier alpha value is -10.5. The van der Waals surface area contributed by atoms with Crippen LogP contribution in [0.25, 0.3) is 0 Å². The summed E-state index contributed by atoms with van der Waals surface area (Å²) in [5.41, 5.74) is 12.9. The summed E-state index contributed by atoms with van der Waals surface area (Å²) in [6, 6.07) is 41.9. The van der Waals surface area contributed by atoms with E-state index in [1.54, 1.807) is 33.7 Å². The Morgan fingerprint density at radius 1 is 0.336 bits per heavy atom. The third kappa shape index (κ3) is 29.3. The van der Waals surface area contributed by atoms with Crippen molar-refractivity contribution in [1.82, 2.24) is 44.5 Å². The average Bonchev–Trinajstić information content (AvgIpc) is 1.68. The molecular formula is C107H147N9O20S. The zero-order valence-corrected chi connectivity index (χ0v) is 84.9. The smallest absolute Gasteiger partial charge is 0.254 e. The van der Waals surface area contributed by atoms with E-state index in [2.05, 4.69) is 45.0 Å².